The first-order valence-electron chi connectivity index (χ1n) is 11.2. The smallest absolute Gasteiger partial charge is 0.173 e. The van der Waals surface area contributed by atoms with Crippen LogP contribution in [0.3, 0.4) is 0 Å². The van der Waals surface area contributed by atoms with Gasteiger partial charge in [-0.2, -0.15) is 0 Å². The second kappa shape index (κ2) is 10.6. The standard InChI is InChI=1S/C27H30N4O2S/c1-18-8-10-24-23(15-18)22(19(2)29-24)12-14-31(17-20-7-5-6-13-28-20)27(34)30-25-16-21(32-3)9-11-26(25)33-4/h5-11,13,15-16,29H,12,14,17H2,1-4H3,(H,30,34). The highest BCUT2D eigenvalue weighted by molar-refractivity contribution is 7.80. The van der Waals surface area contributed by atoms with Gasteiger partial charge < -0.3 is 24.7 Å². The molecule has 0 fully saturated rings. The summed E-state index contributed by atoms with van der Waals surface area (Å²) in [4.78, 5) is 10.2. The zero-order chi connectivity index (χ0) is 24.1. The van der Waals surface area contributed by atoms with Crippen LogP contribution in [0.4, 0.5) is 5.69 Å². The number of anilines is 1. The lowest BCUT2D eigenvalue weighted by Crippen LogP contribution is -2.36. The Morgan fingerprint density at radius 2 is 1.91 bits per heavy atom. The van der Waals surface area contributed by atoms with E-state index in [-0.39, 0.29) is 0 Å². The van der Waals surface area contributed by atoms with Gasteiger partial charge in [0.1, 0.15) is 11.5 Å². The number of aromatic nitrogens is 2. The van der Waals surface area contributed by atoms with Crippen LogP contribution in [-0.4, -0.2) is 40.7 Å². The third-order valence-corrected chi connectivity index (χ3v) is 6.28. The zero-order valence-corrected chi connectivity index (χ0v) is 20.8. The van der Waals surface area contributed by atoms with E-state index in [9.17, 15) is 0 Å². The van der Waals surface area contributed by atoms with Crippen molar-refractivity contribution < 1.29 is 9.47 Å². The van der Waals surface area contributed by atoms with Crippen molar-refractivity contribution in [1.82, 2.24) is 14.9 Å². The lowest BCUT2D eigenvalue weighted by atomic mass is 10.1. The highest BCUT2D eigenvalue weighted by Gasteiger charge is 2.16. The monoisotopic (exact) mass is 474 g/mol. The van der Waals surface area contributed by atoms with Crippen molar-refractivity contribution in [2.45, 2.75) is 26.8 Å². The minimum Gasteiger partial charge on any atom is -0.497 e. The van der Waals surface area contributed by atoms with Crippen molar-refractivity contribution in [3.63, 3.8) is 0 Å². The maximum atomic E-state index is 5.87. The third kappa shape index (κ3) is 5.31. The van der Waals surface area contributed by atoms with Crippen LogP contribution < -0.4 is 14.8 Å². The average molecular weight is 475 g/mol. The fourth-order valence-corrected chi connectivity index (χ4v) is 4.38. The number of benzene rings is 2. The first kappa shape index (κ1) is 23.6. The van der Waals surface area contributed by atoms with Crippen LogP contribution in [0.2, 0.25) is 0 Å². The molecule has 0 atom stereocenters. The first-order valence-corrected chi connectivity index (χ1v) is 11.6. The Morgan fingerprint density at radius 3 is 2.65 bits per heavy atom. The van der Waals surface area contributed by atoms with E-state index in [1.54, 1.807) is 14.2 Å². The van der Waals surface area contributed by atoms with Crippen molar-refractivity contribution in [3.05, 3.63) is 83.3 Å². The van der Waals surface area contributed by atoms with Gasteiger partial charge in [-0.15, -0.1) is 0 Å². The van der Waals surface area contributed by atoms with E-state index in [1.807, 2.05) is 42.6 Å². The molecule has 2 N–H and O–H groups in total. The number of hydrogen-bond acceptors (Lipinski definition) is 4. The highest BCUT2D eigenvalue weighted by Crippen LogP contribution is 2.29. The number of H-pyrrole nitrogens is 1. The Hall–Kier alpha value is -3.58. The summed E-state index contributed by atoms with van der Waals surface area (Å²) in [6, 6.07) is 18.1. The molecule has 0 unspecified atom stereocenters. The second-order valence-electron chi connectivity index (χ2n) is 8.27. The van der Waals surface area contributed by atoms with Crippen LogP contribution in [0.25, 0.3) is 10.9 Å². The number of pyridine rings is 1. The quantitative estimate of drug-likeness (QED) is 0.322. The molecule has 4 aromatic rings. The fraction of sp³-hybridized carbons (Fsp3) is 0.259. The number of rotatable bonds is 8. The second-order valence-corrected chi connectivity index (χ2v) is 8.65. The summed E-state index contributed by atoms with van der Waals surface area (Å²) < 4.78 is 10.9. The van der Waals surface area contributed by atoms with Gasteiger partial charge in [0, 0.05) is 35.4 Å². The Kier molecular flexibility index (Phi) is 7.33. The molecule has 34 heavy (non-hydrogen) atoms. The van der Waals surface area contributed by atoms with Crippen molar-refractivity contribution in [3.8, 4) is 11.5 Å². The SMILES string of the molecule is COc1ccc(OC)c(NC(=S)N(CCc2c(C)[nH]c3ccc(C)cc23)Cc2ccccn2)c1. The Balaban J connectivity index is 1.59. The lowest BCUT2D eigenvalue weighted by Gasteiger charge is -2.26. The largest absolute Gasteiger partial charge is 0.497 e. The van der Waals surface area contributed by atoms with Gasteiger partial charge in [-0.1, -0.05) is 17.7 Å². The Bertz CT molecular complexity index is 1290. The number of aryl methyl sites for hydroxylation is 2. The van der Waals surface area contributed by atoms with E-state index in [1.165, 1.54) is 22.2 Å². The number of aromatic amines is 1. The van der Waals surface area contributed by atoms with Gasteiger partial charge >= 0.3 is 0 Å². The number of hydrogen-bond donors (Lipinski definition) is 2. The number of nitrogens with zero attached hydrogens (tertiary/aromatic N) is 2. The van der Waals surface area contributed by atoms with E-state index in [0.717, 1.165) is 35.6 Å². The van der Waals surface area contributed by atoms with Crippen LogP contribution in [0.1, 0.15) is 22.5 Å². The van der Waals surface area contributed by atoms with Gasteiger partial charge in [0.15, 0.2) is 5.11 Å². The molecule has 0 radical (unpaired) electrons. The number of thiocarbonyl (C=S) groups is 1. The molecule has 0 amide bonds. The molecule has 0 aliphatic rings. The van der Waals surface area contributed by atoms with E-state index in [2.05, 4.69) is 52.2 Å². The maximum Gasteiger partial charge on any atom is 0.173 e. The summed E-state index contributed by atoms with van der Waals surface area (Å²) in [6.45, 7) is 5.58. The number of methoxy groups -OCH3 is 2. The molecule has 6 nitrogen and oxygen atoms in total. The minimum absolute atomic E-state index is 0.597. The molecule has 0 spiro atoms. The summed E-state index contributed by atoms with van der Waals surface area (Å²) in [5, 5.41) is 5.23. The number of ether oxygens (including phenoxy) is 2. The van der Waals surface area contributed by atoms with Gasteiger partial charge in [0.05, 0.1) is 32.1 Å². The first-order chi connectivity index (χ1) is 16.5. The zero-order valence-electron chi connectivity index (χ0n) is 20.0. The molecule has 0 bridgehead atoms. The van der Waals surface area contributed by atoms with Crippen LogP contribution in [0.5, 0.6) is 11.5 Å². The summed E-state index contributed by atoms with van der Waals surface area (Å²) in [6.07, 6.45) is 2.65. The van der Waals surface area contributed by atoms with Crippen molar-refractivity contribution in [2.24, 2.45) is 0 Å². The third-order valence-electron chi connectivity index (χ3n) is 5.92. The fourth-order valence-electron chi connectivity index (χ4n) is 4.11. The van der Waals surface area contributed by atoms with Gasteiger partial charge in [0.25, 0.3) is 0 Å². The molecular formula is C27H30N4O2S. The van der Waals surface area contributed by atoms with Crippen molar-refractivity contribution in [1.29, 1.82) is 0 Å². The molecule has 176 valence electrons. The lowest BCUT2D eigenvalue weighted by molar-refractivity contribution is 0.403. The van der Waals surface area contributed by atoms with Crippen molar-refractivity contribution >= 4 is 33.9 Å². The highest BCUT2D eigenvalue weighted by atomic mass is 32.1. The topological polar surface area (TPSA) is 62.4 Å². The molecule has 0 aliphatic carbocycles. The van der Waals surface area contributed by atoms with Gasteiger partial charge in [-0.3, -0.25) is 4.98 Å². The summed E-state index contributed by atoms with van der Waals surface area (Å²) in [7, 11) is 3.28. The number of fused-ring (bicyclic) bond motifs is 1. The van der Waals surface area contributed by atoms with Crippen LogP contribution >= 0.6 is 12.2 Å². The van der Waals surface area contributed by atoms with Crippen LogP contribution in [0.15, 0.2) is 60.8 Å². The molecule has 0 saturated heterocycles. The summed E-state index contributed by atoms with van der Waals surface area (Å²) in [5.74, 6) is 1.43. The van der Waals surface area contributed by atoms with E-state index in [0.29, 0.717) is 17.4 Å². The molecule has 0 aliphatic heterocycles. The van der Waals surface area contributed by atoms with Crippen LogP contribution in [-0.2, 0) is 13.0 Å². The van der Waals surface area contributed by atoms with Crippen molar-refractivity contribution in [2.75, 3.05) is 26.1 Å². The number of nitrogens with one attached hydrogen (secondary N) is 2. The molecule has 4 rings (SSSR count). The molecule has 2 aromatic heterocycles. The van der Waals surface area contributed by atoms with E-state index >= 15 is 0 Å². The normalized spacial score (nSPS) is 10.8. The Morgan fingerprint density at radius 1 is 1.06 bits per heavy atom. The van der Waals surface area contributed by atoms with E-state index in [4.69, 9.17) is 21.7 Å². The summed E-state index contributed by atoms with van der Waals surface area (Å²) >= 11 is 5.87. The molecule has 7 heteroatoms. The average Bonchev–Trinajstić information content (AvgIpc) is 3.16. The van der Waals surface area contributed by atoms with Crippen LogP contribution in [0, 0.1) is 13.8 Å². The van der Waals surface area contributed by atoms with E-state index < -0.39 is 0 Å². The van der Waals surface area contributed by atoms with Gasteiger partial charge in [-0.25, -0.2) is 0 Å². The predicted molar refractivity (Wildman–Crippen MR) is 142 cm³/mol. The molecule has 2 heterocycles. The molecular weight excluding hydrogens is 444 g/mol. The van der Waals surface area contributed by atoms with Gasteiger partial charge in [-0.05, 0) is 74.4 Å². The molecule has 0 saturated carbocycles. The Labute approximate surface area is 205 Å². The predicted octanol–water partition coefficient (Wildman–Crippen LogP) is 5.64. The van der Waals surface area contributed by atoms with Gasteiger partial charge in [0.2, 0.25) is 0 Å². The summed E-state index contributed by atoms with van der Waals surface area (Å²) in [5.41, 5.74) is 6.63. The molecule has 2 aromatic carbocycles. The maximum absolute atomic E-state index is 5.87. The minimum atomic E-state index is 0.597.